The third-order valence-electron chi connectivity index (χ3n) is 18.0. The lowest BCUT2D eigenvalue weighted by Gasteiger charge is -2.35. The normalized spacial score (nSPS) is 11.6. The molecule has 0 atom stereocenters. The summed E-state index contributed by atoms with van der Waals surface area (Å²) in [5.74, 6) is 4.84. The number of halogens is 6. The number of amides is 2. The van der Waals surface area contributed by atoms with Gasteiger partial charge in [0.1, 0.15) is 119 Å². The first-order valence-electron chi connectivity index (χ1n) is 35.6. The second-order valence-electron chi connectivity index (χ2n) is 25.0. The fraction of sp³-hybridized carbons (Fsp3) is 0.169. The number of hydrogen-bond donors (Lipinski definition) is 8. The van der Waals surface area contributed by atoms with E-state index >= 15 is 0 Å². The fourth-order valence-electron chi connectivity index (χ4n) is 11.9. The van der Waals surface area contributed by atoms with Crippen molar-refractivity contribution in [3.8, 4) is 68.3 Å². The number of benzene rings is 6. The molecule has 1 fully saturated rings. The molecule has 596 valence electrons. The Morgan fingerprint density at radius 2 is 0.724 bits per heavy atom. The topological polar surface area (TPSA) is 308 Å². The minimum atomic E-state index is -0.320. The maximum absolute atomic E-state index is 11.9. The standard InChI is InChI=1S/C29H31Cl2N7O2.2C27H24Cl2N6O3/c1-4-37-12-14-38(15-13-37)20-9-7-19(8-10-20)35-25-16-22(33-18-34-25)21-6-5-11-32-29(21)36-28-26(30)23(39-2)17-24(40-3)27(28)31;2*1-5-22(36)33-17-10-6-8-15(2)25(17)34-21-12-18(31-14-32-21)16-9-7-11-30-27(16)35-26-23(28)19(37-3)13-20(38-4)24(26)29/h5-11,16-18H,4,12-15H2,1-3H3,(H,32,36)(H,33,34,35);2*5-14H,1H2,2-4H3,(H,30,35)(H,33,36)(H,31,32,34). The van der Waals surface area contributed by atoms with Gasteiger partial charge in [-0.25, -0.2) is 44.9 Å². The van der Waals surface area contributed by atoms with Gasteiger partial charge in [0.25, 0.3) is 0 Å². The number of piperazine rings is 1. The van der Waals surface area contributed by atoms with Crippen molar-refractivity contribution in [1.82, 2.24) is 49.8 Å². The number of aryl methyl sites for hydroxylation is 2. The van der Waals surface area contributed by atoms with Gasteiger partial charge >= 0.3 is 0 Å². The Bertz CT molecular complexity index is 5240. The summed E-state index contributed by atoms with van der Waals surface area (Å²) < 4.78 is 32.3. The molecule has 7 heterocycles. The van der Waals surface area contributed by atoms with E-state index < -0.39 is 0 Å². The molecule has 1 aliphatic rings. The molecule has 0 spiro atoms. The Balaban J connectivity index is 0.000000171. The maximum atomic E-state index is 11.9. The number of nitrogens with zero attached hydrogens (tertiary/aromatic N) is 11. The first kappa shape index (κ1) is 84.4. The molecule has 12 aromatic rings. The van der Waals surface area contributed by atoms with Crippen molar-refractivity contribution in [3.63, 3.8) is 0 Å². The Kier molecular flexibility index (Phi) is 29.1. The van der Waals surface area contributed by atoms with Gasteiger partial charge in [-0.2, -0.15) is 0 Å². The SMILES string of the molecule is C=CC(=O)Nc1cccc(C)c1Nc1cc(-c2cccnc2Nc2c(Cl)c(OC)cc(OC)c2Cl)ncn1.C=CC(=O)Nc1cccc(C)c1Nc1cc(-c2cccnc2Nc2c(Cl)c(OC)cc(OC)c2Cl)ncn1.CCN1CCN(c2ccc(Nc3cc(-c4cccnc4Nc4c(Cl)c(OC)cc(OC)c4Cl)ncn3)cc2)CC1. The van der Waals surface area contributed by atoms with Gasteiger partial charge in [-0.05, 0) is 116 Å². The van der Waals surface area contributed by atoms with Gasteiger partial charge in [0, 0.05) is 109 Å². The third-order valence-corrected chi connectivity index (χ3v) is 20.2. The molecule has 13 rings (SSSR count). The largest absolute Gasteiger partial charge is 0.495 e. The molecule has 1 aliphatic heterocycles. The Morgan fingerprint density at radius 3 is 1.03 bits per heavy atom. The molecule has 0 saturated carbocycles. The highest BCUT2D eigenvalue weighted by atomic mass is 35.5. The van der Waals surface area contributed by atoms with Crippen molar-refractivity contribution in [2.45, 2.75) is 20.8 Å². The maximum Gasteiger partial charge on any atom is 0.247 e. The van der Waals surface area contributed by atoms with E-state index in [9.17, 15) is 9.59 Å². The van der Waals surface area contributed by atoms with Gasteiger partial charge in [-0.1, -0.05) is 114 Å². The summed E-state index contributed by atoms with van der Waals surface area (Å²) in [5, 5.41) is 26.9. The number of carbonyl (C=O) groups is 2. The predicted octanol–water partition coefficient (Wildman–Crippen LogP) is 20.1. The Morgan fingerprint density at radius 1 is 0.397 bits per heavy atom. The van der Waals surface area contributed by atoms with Crippen molar-refractivity contribution in [1.29, 1.82) is 0 Å². The number of methoxy groups -OCH3 is 6. The van der Waals surface area contributed by atoms with Crippen LogP contribution < -0.4 is 75.9 Å². The van der Waals surface area contributed by atoms with Crippen LogP contribution in [0.5, 0.6) is 34.5 Å². The molecule has 6 aromatic heterocycles. The van der Waals surface area contributed by atoms with E-state index in [0.29, 0.717) is 147 Å². The highest BCUT2D eigenvalue weighted by Crippen LogP contribution is 2.50. The van der Waals surface area contributed by atoms with Crippen molar-refractivity contribution in [2.24, 2.45) is 0 Å². The molecule has 1 saturated heterocycles. The van der Waals surface area contributed by atoms with E-state index in [2.05, 4.69) is 142 Å². The average molecular weight is 1680 g/mol. The number of anilines is 15. The van der Waals surface area contributed by atoms with Gasteiger partial charge in [-0.15, -0.1) is 0 Å². The van der Waals surface area contributed by atoms with Gasteiger partial charge < -0.3 is 80.8 Å². The summed E-state index contributed by atoms with van der Waals surface area (Å²) in [4.78, 5) is 68.7. The molecule has 0 aliphatic carbocycles. The molecule has 0 bridgehead atoms. The summed E-state index contributed by atoms with van der Waals surface area (Å²) in [5.41, 5.74) is 11.6. The van der Waals surface area contributed by atoms with Crippen molar-refractivity contribution in [2.75, 3.05) is 123 Å². The lowest BCUT2D eigenvalue weighted by molar-refractivity contribution is -0.112. The number of ether oxygens (including phenoxy) is 6. The molecule has 0 unspecified atom stereocenters. The lowest BCUT2D eigenvalue weighted by atomic mass is 10.1. The highest BCUT2D eigenvalue weighted by molar-refractivity contribution is 6.42. The predicted molar refractivity (Wildman–Crippen MR) is 465 cm³/mol. The van der Waals surface area contributed by atoms with E-state index in [-0.39, 0.29) is 31.9 Å². The molecule has 8 N–H and O–H groups in total. The zero-order valence-electron chi connectivity index (χ0n) is 64.2. The van der Waals surface area contributed by atoms with E-state index in [1.54, 1.807) is 73.2 Å². The molecule has 0 radical (unpaired) electrons. The lowest BCUT2D eigenvalue weighted by Crippen LogP contribution is -2.46. The van der Waals surface area contributed by atoms with Gasteiger partial charge in [0.15, 0.2) is 0 Å². The Hall–Kier alpha value is -12.5. The number of para-hydroxylation sites is 2. The van der Waals surface area contributed by atoms with Crippen LogP contribution in [0.4, 0.5) is 86.1 Å². The fourth-order valence-corrected chi connectivity index (χ4v) is 13.7. The number of rotatable bonds is 27. The van der Waals surface area contributed by atoms with Crippen LogP contribution in [0.3, 0.4) is 0 Å². The molecule has 116 heavy (non-hydrogen) atoms. The third kappa shape index (κ3) is 20.4. The van der Waals surface area contributed by atoms with Crippen molar-refractivity contribution < 1.29 is 38.0 Å². The number of carbonyl (C=O) groups excluding carboxylic acids is 2. The number of likely N-dealkylation sites (N-methyl/N-ethyl adjacent to an activating group) is 1. The molecule has 6 aromatic carbocycles. The number of aromatic nitrogens is 9. The summed E-state index contributed by atoms with van der Waals surface area (Å²) in [6.07, 6.45) is 11.7. The van der Waals surface area contributed by atoms with Crippen LogP contribution in [-0.2, 0) is 9.59 Å². The van der Waals surface area contributed by atoms with Crippen LogP contribution in [0.25, 0.3) is 33.8 Å². The summed E-state index contributed by atoms with van der Waals surface area (Å²) in [7, 11) is 9.07. The summed E-state index contributed by atoms with van der Waals surface area (Å²) in [6, 6.07) is 40.8. The van der Waals surface area contributed by atoms with Crippen LogP contribution in [0.1, 0.15) is 18.1 Å². The van der Waals surface area contributed by atoms with E-state index in [1.807, 2.05) is 68.4 Å². The van der Waals surface area contributed by atoms with Crippen LogP contribution in [0, 0.1) is 13.8 Å². The van der Waals surface area contributed by atoms with Crippen molar-refractivity contribution >= 4 is 168 Å². The highest BCUT2D eigenvalue weighted by Gasteiger charge is 2.25. The minimum absolute atomic E-state index is 0.272. The second-order valence-corrected chi connectivity index (χ2v) is 27.3. The van der Waals surface area contributed by atoms with Crippen LogP contribution >= 0.6 is 69.6 Å². The first-order chi connectivity index (χ1) is 56.2. The molecule has 27 nitrogen and oxygen atoms in total. The quantitative estimate of drug-likeness (QED) is 0.0222. The Labute approximate surface area is 700 Å². The number of pyridine rings is 3. The van der Waals surface area contributed by atoms with Gasteiger partial charge in [-0.3, -0.25) is 9.59 Å². The average Bonchev–Trinajstić information content (AvgIpc) is 0.771. The van der Waals surface area contributed by atoms with Crippen LogP contribution in [-0.4, -0.2) is 137 Å². The smallest absolute Gasteiger partial charge is 0.247 e. The molecule has 2 amide bonds. The zero-order chi connectivity index (χ0) is 82.5. The van der Waals surface area contributed by atoms with E-state index in [4.69, 9.17) is 98.0 Å². The number of nitrogens with one attached hydrogen (secondary N) is 8. The molecular weight excluding hydrogens is 1600 g/mol. The number of hydrogen-bond acceptors (Lipinski definition) is 25. The van der Waals surface area contributed by atoms with Gasteiger partial charge in [0.05, 0.1) is 99.6 Å². The van der Waals surface area contributed by atoms with E-state index in [1.165, 1.54) is 79.5 Å². The molecule has 33 heteroatoms. The summed E-state index contributed by atoms with van der Waals surface area (Å²) in [6.45, 7) is 18.4. The minimum Gasteiger partial charge on any atom is -0.495 e. The van der Waals surface area contributed by atoms with Crippen LogP contribution in [0.2, 0.25) is 30.1 Å². The zero-order valence-corrected chi connectivity index (χ0v) is 68.8. The van der Waals surface area contributed by atoms with Gasteiger partial charge in [0.2, 0.25) is 11.8 Å². The molecular formula is C83H79Cl6N19O8. The van der Waals surface area contributed by atoms with Crippen LogP contribution in [0.15, 0.2) is 196 Å². The second kappa shape index (κ2) is 40.0. The first-order valence-corrected chi connectivity index (χ1v) is 37.9. The van der Waals surface area contributed by atoms with E-state index in [0.717, 1.165) is 55.1 Å². The van der Waals surface area contributed by atoms with Crippen molar-refractivity contribution in [3.05, 3.63) is 238 Å². The summed E-state index contributed by atoms with van der Waals surface area (Å²) >= 11 is 39.4. The monoisotopic (exact) mass is 1680 g/mol.